The zero-order valence-electron chi connectivity index (χ0n) is 65.6. The molecule has 12 aromatic carbocycles. The van der Waals surface area contributed by atoms with E-state index in [2.05, 4.69) is 332 Å². The van der Waals surface area contributed by atoms with Gasteiger partial charge in [0.05, 0.1) is 5.41 Å². The van der Waals surface area contributed by atoms with Crippen LogP contribution in [0.1, 0.15) is 175 Å². The predicted molar refractivity (Wildman–Crippen MR) is 433 cm³/mol. The highest BCUT2D eigenvalue weighted by molar-refractivity contribution is 5.86. The lowest BCUT2D eigenvalue weighted by molar-refractivity contribution is -0.288. The highest BCUT2D eigenvalue weighted by atomic mass is 19.4. The fraction of sp³-hybridized carbons (Fsp3) is 0.273. The van der Waals surface area contributed by atoms with Gasteiger partial charge in [0.2, 0.25) is 5.41 Å². The third kappa shape index (κ3) is 18.1. The zero-order chi connectivity index (χ0) is 77.1. The largest absolute Gasteiger partial charge is 0.411 e. The molecule has 13 rings (SSSR count). The topological polar surface area (TPSA) is 0 Å². The van der Waals surface area contributed by atoms with E-state index < -0.39 is 28.9 Å². The molecule has 0 radical (unpaired) electrons. The van der Waals surface area contributed by atoms with Crippen molar-refractivity contribution in [3.63, 3.8) is 0 Å². The van der Waals surface area contributed by atoms with E-state index in [1.165, 1.54) is 174 Å². The molecule has 0 fully saturated rings. The van der Waals surface area contributed by atoms with Gasteiger partial charge in [-0.15, -0.1) is 0 Å². The molecule has 0 saturated heterocycles. The number of halogens is 6. The van der Waals surface area contributed by atoms with Crippen molar-refractivity contribution in [3.8, 4) is 11.1 Å². The number of hydrogen-bond acceptors (Lipinski definition) is 0. The van der Waals surface area contributed by atoms with Gasteiger partial charge in [-0.25, -0.2) is 0 Å². The van der Waals surface area contributed by atoms with Gasteiger partial charge >= 0.3 is 12.4 Å². The molecular weight excluding hydrogens is 1300 g/mol. The summed E-state index contributed by atoms with van der Waals surface area (Å²) in [6.45, 7) is 44.8. The number of fused-ring (bicyclic) bond motifs is 3. The molecule has 0 heterocycles. The average molecular weight is 1410 g/mol. The molecule has 0 nitrogen and oxygen atoms in total. The summed E-state index contributed by atoms with van der Waals surface area (Å²) >= 11 is 0. The molecule has 0 spiro atoms. The van der Waals surface area contributed by atoms with Crippen LogP contribution in [0.3, 0.4) is 0 Å². The number of rotatable bonds is 8. The second-order valence-corrected chi connectivity index (χ2v) is 29.7. The zero-order valence-corrected chi connectivity index (χ0v) is 65.6. The maximum Gasteiger partial charge on any atom is 0.411 e. The lowest BCUT2D eigenvalue weighted by Crippen LogP contribution is -2.54. The molecule has 0 unspecified atom stereocenters. The molecule has 0 aliphatic heterocycles. The Bertz CT molecular complexity index is 4470. The second-order valence-electron chi connectivity index (χ2n) is 29.7. The fourth-order valence-corrected chi connectivity index (χ4v) is 14.1. The van der Waals surface area contributed by atoms with Crippen molar-refractivity contribution in [2.45, 2.75) is 180 Å². The summed E-state index contributed by atoms with van der Waals surface area (Å²) in [4.78, 5) is 0. The van der Waals surface area contributed by atoms with Gasteiger partial charge in [0, 0.05) is 5.41 Å². The highest BCUT2D eigenvalue weighted by Gasteiger charge is 2.72. The van der Waals surface area contributed by atoms with E-state index in [4.69, 9.17) is 0 Å². The Labute approximate surface area is 624 Å². The van der Waals surface area contributed by atoms with Crippen LogP contribution >= 0.6 is 0 Å². The summed E-state index contributed by atoms with van der Waals surface area (Å²) in [6, 6.07) is 81.8. The Morgan fingerprint density at radius 1 is 0.248 bits per heavy atom. The Morgan fingerprint density at radius 2 is 0.467 bits per heavy atom. The minimum absolute atomic E-state index is 0.0708. The third-order valence-electron chi connectivity index (χ3n) is 22.1. The SMILES string of the molecule is Cc1c(C)c(C)c(C)c(C)c1C.Cc1cc(C)c(C)c(C)c1C.Cc1ccc(C(C)(C)c2ccc(C)cc2)cc1.Cc1ccc(C(c2ccc(C)cc2)(C(F)(F)F)C(F)(F)F)cc1.Cc1ccc(C2(c3ccc(C)cc3)c3ccccc3-c3ccccc32)cc1.Cc1ccc(Cc2ccc(C)cc2)cc1. The summed E-state index contributed by atoms with van der Waals surface area (Å²) in [6.07, 6.45) is -10.0. The number of hydrogen-bond donors (Lipinski definition) is 0. The molecule has 6 heteroatoms. The minimum Gasteiger partial charge on any atom is -0.169 e. The third-order valence-corrected chi connectivity index (χ3v) is 22.1. The Morgan fingerprint density at radius 3 is 0.724 bits per heavy atom. The van der Waals surface area contributed by atoms with Crippen LogP contribution in [-0.4, -0.2) is 12.4 Å². The molecule has 1 aliphatic carbocycles. The number of benzene rings is 12. The van der Waals surface area contributed by atoms with E-state index in [-0.39, 0.29) is 10.8 Å². The van der Waals surface area contributed by atoms with Crippen molar-refractivity contribution in [2.75, 3.05) is 0 Å². The van der Waals surface area contributed by atoms with E-state index in [1.807, 2.05) is 0 Å². The molecule has 0 aromatic heterocycles. The Kier molecular flexibility index (Phi) is 26.2. The van der Waals surface area contributed by atoms with Crippen molar-refractivity contribution in [1.29, 1.82) is 0 Å². The van der Waals surface area contributed by atoms with Crippen molar-refractivity contribution in [1.82, 2.24) is 0 Å². The van der Waals surface area contributed by atoms with E-state index in [0.29, 0.717) is 11.1 Å². The summed E-state index contributed by atoms with van der Waals surface area (Å²) in [5.41, 5.74) is 32.5. The van der Waals surface area contributed by atoms with Crippen LogP contribution in [0.15, 0.2) is 249 Å². The molecule has 544 valence electrons. The van der Waals surface area contributed by atoms with Gasteiger partial charge in [0.15, 0.2) is 0 Å². The number of alkyl halides is 6. The van der Waals surface area contributed by atoms with Crippen molar-refractivity contribution in [2.24, 2.45) is 0 Å². The maximum atomic E-state index is 13.7. The van der Waals surface area contributed by atoms with Crippen molar-refractivity contribution in [3.05, 3.63) is 410 Å². The summed E-state index contributed by atoms with van der Waals surface area (Å²) in [5, 5.41) is 0. The first kappa shape index (κ1) is 80.9. The van der Waals surface area contributed by atoms with Crippen LogP contribution in [0.4, 0.5) is 26.3 Å². The maximum absolute atomic E-state index is 13.7. The van der Waals surface area contributed by atoms with E-state index in [9.17, 15) is 26.3 Å². The van der Waals surface area contributed by atoms with Crippen LogP contribution in [0, 0.1) is 132 Å². The van der Waals surface area contributed by atoms with Gasteiger partial charge < -0.3 is 0 Å². The van der Waals surface area contributed by atoms with Gasteiger partial charge in [-0.3, -0.25) is 0 Å². The van der Waals surface area contributed by atoms with E-state index in [1.54, 1.807) is 13.8 Å². The molecule has 105 heavy (non-hydrogen) atoms. The van der Waals surface area contributed by atoms with Gasteiger partial charge in [0.1, 0.15) is 0 Å². The minimum atomic E-state index is -5.53. The second kappa shape index (κ2) is 34.0. The molecule has 0 amide bonds. The smallest absolute Gasteiger partial charge is 0.169 e. The van der Waals surface area contributed by atoms with Crippen molar-refractivity contribution >= 4 is 0 Å². The van der Waals surface area contributed by atoms with E-state index >= 15 is 0 Å². The standard InChI is InChI=1S/C27H22.C17H14F6.C17H20.C15H16.C12H18.C11H16/c1-19-11-15-21(16-12-19)27(22-17-13-20(2)14-18-22)25-9-5-3-7-23(25)24-8-4-6-10-26(24)27;1-11-3-7-13(8-4-11)15(16(18,19)20,17(21,22)23)14-9-5-12(2)6-10-14;1-13-5-9-15(10-6-13)17(3,4)16-11-7-14(2)8-12-16;1-12-3-7-14(8-4-12)11-15-9-5-13(2)6-10-15;1-7-8(2)10(4)12(6)11(5)9(7)3;1-7-6-8(2)10(4)11(5)9(7)3/h3-18H,1-2H3;3-10H,1-2H3;5-12H,1-4H3;3-10H,11H2,1-2H3;1-6H3;6H,1-5H3. The van der Waals surface area contributed by atoms with Gasteiger partial charge in [-0.1, -0.05) is 307 Å². The van der Waals surface area contributed by atoms with Crippen LogP contribution in [0.25, 0.3) is 11.1 Å². The molecule has 0 saturated carbocycles. The van der Waals surface area contributed by atoms with Crippen LogP contribution in [0.2, 0.25) is 0 Å². The normalized spacial score (nSPS) is 12.1. The van der Waals surface area contributed by atoms with Gasteiger partial charge in [0.25, 0.3) is 0 Å². The molecule has 1 aliphatic rings. The first-order valence-electron chi connectivity index (χ1n) is 36.4. The van der Waals surface area contributed by atoms with E-state index in [0.717, 1.165) is 30.7 Å². The van der Waals surface area contributed by atoms with Crippen LogP contribution in [0.5, 0.6) is 0 Å². The van der Waals surface area contributed by atoms with Crippen molar-refractivity contribution < 1.29 is 26.3 Å². The Balaban J connectivity index is 0.000000164. The summed E-state index contributed by atoms with van der Waals surface area (Å²) in [5.74, 6) is 0. The van der Waals surface area contributed by atoms with Crippen LogP contribution in [-0.2, 0) is 22.7 Å². The molecule has 12 aromatic rings. The predicted octanol–water partition coefficient (Wildman–Crippen LogP) is 27.7. The number of aryl methyl sites for hydroxylation is 10. The van der Waals surface area contributed by atoms with Gasteiger partial charge in [-0.2, -0.15) is 26.3 Å². The average Bonchev–Trinajstić information content (AvgIpc) is 1.47. The summed E-state index contributed by atoms with van der Waals surface area (Å²) in [7, 11) is 0. The fourth-order valence-electron chi connectivity index (χ4n) is 14.1. The lowest BCUT2D eigenvalue weighted by Gasteiger charge is -2.38. The molecule has 0 atom stereocenters. The van der Waals surface area contributed by atoms with Gasteiger partial charge in [-0.05, 0) is 266 Å². The highest BCUT2D eigenvalue weighted by Crippen LogP contribution is 2.58. The first-order valence-corrected chi connectivity index (χ1v) is 36.4. The van der Waals surface area contributed by atoms with Crippen LogP contribution < -0.4 is 0 Å². The quantitative estimate of drug-likeness (QED) is 0.133. The summed E-state index contributed by atoms with van der Waals surface area (Å²) < 4.78 is 82.3. The lowest BCUT2D eigenvalue weighted by atomic mass is 9.67. The molecule has 0 N–H and O–H groups in total. The first-order chi connectivity index (χ1) is 49.4. The monoisotopic (exact) mass is 1410 g/mol. The molecule has 0 bridgehead atoms. The molecular formula is C99H106F6. The Hall–Kier alpha value is -9.78.